The van der Waals surface area contributed by atoms with Gasteiger partial charge in [-0.1, -0.05) is 362 Å². The Bertz CT molecular complexity index is 2210. The molecule has 5 heteroatoms. The maximum absolute atomic E-state index is 12.8. The molecule has 2 aromatic rings. The third-order valence-corrected chi connectivity index (χ3v) is 19.4. The van der Waals surface area contributed by atoms with E-state index in [-0.39, 0.29) is 16.5 Å². The summed E-state index contributed by atoms with van der Waals surface area (Å²) in [5.41, 5.74) is 23.9. The van der Waals surface area contributed by atoms with Crippen molar-refractivity contribution in [3.8, 4) is 23.7 Å². The van der Waals surface area contributed by atoms with Gasteiger partial charge in [-0.3, -0.25) is 0 Å². The van der Waals surface area contributed by atoms with E-state index in [0.717, 1.165) is 94.9 Å². The van der Waals surface area contributed by atoms with Crippen molar-refractivity contribution in [2.45, 2.75) is 440 Å². The van der Waals surface area contributed by atoms with Crippen molar-refractivity contribution >= 4 is 11.4 Å². The third-order valence-electron chi connectivity index (χ3n) is 19.4. The molecule has 0 amide bonds. The molecular weight excluding hydrogens is 1200 g/mol. The minimum Gasteiger partial charge on any atom is -0.493 e. The normalized spacial score (nSPS) is 11.8. The Balaban J connectivity index is 0.00000925. The number of rotatable bonds is 61. The van der Waals surface area contributed by atoms with Crippen LogP contribution in [0.4, 0.5) is 0 Å². The molecule has 0 radical (unpaired) electrons. The van der Waals surface area contributed by atoms with E-state index < -0.39 is 0 Å². The Kier molecular flexibility index (Phi) is 70.1. The average Bonchev–Trinajstić information content (AvgIpc) is 1.64. The molecular formula is C90H156N2NiO2. The van der Waals surface area contributed by atoms with E-state index in [2.05, 4.69) is 101 Å². The first-order valence-electron chi connectivity index (χ1n) is 41.7. The molecule has 0 atom stereocenters. The molecule has 1 aliphatic heterocycles. The summed E-state index contributed by atoms with van der Waals surface area (Å²) in [5.74, 6) is 14.4. The number of nitrogens with zero attached hydrogens (tertiary/aromatic N) is 2. The average molecular weight is 1360 g/mol. The second-order valence-corrected chi connectivity index (χ2v) is 28.5. The zero-order chi connectivity index (χ0) is 68.1. The topological polar surface area (TPSA) is 65.8 Å². The molecule has 4 nitrogen and oxygen atoms in total. The van der Waals surface area contributed by atoms with Crippen LogP contribution in [0, 0.1) is 23.7 Å². The molecule has 0 saturated heterocycles. The Morgan fingerprint density at radius 3 is 0.863 bits per heavy atom. The van der Waals surface area contributed by atoms with E-state index in [4.69, 9.17) is 10.2 Å². The molecule has 0 aliphatic carbocycles. The summed E-state index contributed by atoms with van der Waals surface area (Å²) < 4.78 is 1.63. The molecule has 1 heterocycles. The molecule has 0 aromatic heterocycles. The first-order chi connectivity index (χ1) is 46.4. The van der Waals surface area contributed by atoms with Crippen LogP contribution in [0.15, 0.2) is 48.0 Å². The predicted molar refractivity (Wildman–Crippen MR) is 419 cm³/mol. The van der Waals surface area contributed by atoms with Gasteiger partial charge in [-0.15, -0.1) is 23.7 Å². The smallest absolute Gasteiger partial charge is 0.211 e. The molecule has 0 saturated carbocycles. The van der Waals surface area contributed by atoms with Crippen LogP contribution >= 0.6 is 0 Å². The van der Waals surface area contributed by atoms with Crippen molar-refractivity contribution in [3.63, 3.8) is 0 Å². The molecule has 0 fully saturated rings. The fraction of sp³-hybridized carbons (Fsp3) is 0.778. The standard InChI is InChI=1S/C84H140N2.2C3H8O.Ni/c1-6-11-16-20-24-26-28-30-32-34-36-38-40-42-44-46-48-50-52-54-58-62-67-78-71-69-76(64-60-56-22-18-13-8-3)73-81(78)83-75-80(66-15-10-5)84(86(83)85)82-74-77(65-61-57-23-19-14-9-4)70-72-79(82)68-63-59-55-53-51-49-47-45-43-41-39-37-35-33-31-29-27-25-21-17-12-7-2;2*1-2-3-4;/h69-75H,6-53,56-57,60-68H2,1-5H3;2*4H,2-3H2,1H3;. The monoisotopic (exact) mass is 1360 g/mol. The zero-order valence-corrected chi connectivity index (χ0v) is 65.2. The summed E-state index contributed by atoms with van der Waals surface area (Å²) in [7, 11) is 0. The van der Waals surface area contributed by atoms with E-state index in [9.17, 15) is 5.53 Å². The first kappa shape index (κ1) is 92.1. The van der Waals surface area contributed by atoms with Gasteiger partial charge in [0.15, 0.2) is 0 Å². The van der Waals surface area contributed by atoms with Gasteiger partial charge in [0.1, 0.15) is 0 Å². The second-order valence-electron chi connectivity index (χ2n) is 28.5. The van der Waals surface area contributed by atoms with Crippen LogP contribution in [0.5, 0.6) is 0 Å². The van der Waals surface area contributed by atoms with Crippen LogP contribution in [0.2, 0.25) is 0 Å². The number of hydrogen-bond acceptors (Lipinski definition) is 2. The van der Waals surface area contributed by atoms with Gasteiger partial charge in [0.2, 0.25) is 11.4 Å². The first-order valence-corrected chi connectivity index (χ1v) is 41.7. The van der Waals surface area contributed by atoms with Crippen molar-refractivity contribution < 1.29 is 31.4 Å². The Morgan fingerprint density at radius 1 is 0.295 bits per heavy atom. The number of allylic oxidation sites excluding steroid dienone is 2. The van der Waals surface area contributed by atoms with E-state index in [1.54, 1.807) is 4.70 Å². The second kappa shape index (κ2) is 72.3. The summed E-state index contributed by atoms with van der Waals surface area (Å²) >= 11 is 0. The molecule has 0 unspecified atom stereocenters. The molecule has 0 bridgehead atoms. The summed E-state index contributed by atoms with van der Waals surface area (Å²) in [6.07, 6.45) is 81.4. The minimum absolute atomic E-state index is 0. The molecule has 1 aliphatic rings. The largest absolute Gasteiger partial charge is 0.493 e. The van der Waals surface area contributed by atoms with Crippen molar-refractivity contribution in [3.05, 3.63) is 87.0 Å². The van der Waals surface area contributed by atoms with E-state index in [1.807, 2.05) is 13.8 Å². The van der Waals surface area contributed by atoms with Gasteiger partial charge in [0, 0.05) is 78.2 Å². The van der Waals surface area contributed by atoms with E-state index >= 15 is 0 Å². The Labute approximate surface area is 603 Å². The molecule has 0 spiro atoms. The maximum Gasteiger partial charge on any atom is 0.211 e. The zero-order valence-electron chi connectivity index (χ0n) is 64.2. The molecule has 95 heavy (non-hydrogen) atoms. The van der Waals surface area contributed by atoms with Crippen molar-refractivity contribution in [2.75, 3.05) is 13.2 Å². The van der Waals surface area contributed by atoms with Gasteiger partial charge in [0.05, 0.1) is 0 Å². The van der Waals surface area contributed by atoms with Crippen LogP contribution in [-0.2, 0) is 42.2 Å². The summed E-state index contributed by atoms with van der Waals surface area (Å²) in [4.78, 5) is 0. The van der Waals surface area contributed by atoms with Crippen molar-refractivity contribution in [1.29, 1.82) is 0 Å². The molecule has 3 rings (SSSR count). The van der Waals surface area contributed by atoms with Gasteiger partial charge < -0.3 is 15.7 Å². The summed E-state index contributed by atoms with van der Waals surface area (Å²) in [6, 6.07) is 14.4. The van der Waals surface area contributed by atoms with Crippen LogP contribution in [0.3, 0.4) is 0 Å². The van der Waals surface area contributed by atoms with Gasteiger partial charge in [-0.25, -0.2) is 4.70 Å². The van der Waals surface area contributed by atoms with Gasteiger partial charge >= 0.3 is 0 Å². The van der Waals surface area contributed by atoms with Crippen LogP contribution in [-0.4, -0.2) is 28.1 Å². The number of unbranched alkanes of at least 4 members (excludes halogenated alkanes) is 47. The summed E-state index contributed by atoms with van der Waals surface area (Å²) in [5, 5.41) is 15.8. The fourth-order valence-electron chi connectivity index (χ4n) is 13.2. The fourth-order valence-corrected chi connectivity index (χ4v) is 13.2. The van der Waals surface area contributed by atoms with Crippen LogP contribution in [0.25, 0.3) is 16.9 Å². The maximum atomic E-state index is 12.8. The Hall–Kier alpha value is -2.95. The molecule has 2 N–H and O–H groups in total. The third kappa shape index (κ3) is 52.7. The number of hydrogen-bond donors (Lipinski definition) is 2. The summed E-state index contributed by atoms with van der Waals surface area (Å²) in [6.45, 7) is 16.0. The molecule has 548 valence electrons. The van der Waals surface area contributed by atoms with E-state index in [1.165, 1.54) is 347 Å². The number of benzene rings is 2. The predicted octanol–water partition coefficient (Wildman–Crippen LogP) is 29.0. The molecule has 2 aromatic carbocycles. The number of aliphatic hydroxyl groups is 2. The van der Waals surface area contributed by atoms with E-state index in [0.29, 0.717) is 13.2 Å². The minimum atomic E-state index is 0. The number of aliphatic hydroxyl groups excluding tert-OH is 2. The Morgan fingerprint density at radius 2 is 0.558 bits per heavy atom. The van der Waals surface area contributed by atoms with Crippen molar-refractivity contribution in [2.24, 2.45) is 0 Å². The quantitative estimate of drug-likeness (QED) is 0.0300. The van der Waals surface area contributed by atoms with Crippen molar-refractivity contribution in [1.82, 2.24) is 0 Å². The van der Waals surface area contributed by atoms with Gasteiger partial charge in [-0.2, -0.15) is 0 Å². The van der Waals surface area contributed by atoms with Gasteiger partial charge in [-0.05, 0) is 111 Å². The van der Waals surface area contributed by atoms with Crippen LogP contribution in [0.1, 0.15) is 448 Å². The SMILES string of the molecule is CCCCCCCCCCCCCCCCCCCCC#CCCc1ccc(CCCCCCCC)cc1C1=CC(CCCC)=C(c2cc(CCCCCCCC)ccc2CCC#CCCCCCCCCCCCCCCCCCCCC)[N+]1=[N-].CCCO.CCCO.[Ni]. The number of aryl methyl sites for hydroxylation is 4. The van der Waals surface area contributed by atoms with Gasteiger partial charge in [0.25, 0.3) is 0 Å². The van der Waals surface area contributed by atoms with Crippen LogP contribution < -0.4 is 0 Å².